The lowest BCUT2D eigenvalue weighted by atomic mass is 10.0. The summed E-state index contributed by atoms with van der Waals surface area (Å²) < 4.78 is 35.4. The molecule has 1 saturated heterocycles. The maximum atomic E-state index is 13.9. The second kappa shape index (κ2) is 9.86. The molecule has 0 aliphatic carbocycles. The fourth-order valence-corrected chi connectivity index (χ4v) is 3.52. The van der Waals surface area contributed by atoms with E-state index in [4.69, 9.17) is 4.74 Å². The van der Waals surface area contributed by atoms with Crippen LogP contribution < -0.4 is 4.74 Å². The monoisotopic (exact) mass is 455 g/mol. The van der Waals surface area contributed by atoms with Crippen LogP contribution in [0.15, 0.2) is 59.6 Å². The SMILES string of the molecule is C=C(C)N=C(/C=C(\[C@H](C)CC)N1CCC(F)(F)C1)Oc1cc(C#N)ccc1-n1cc(O)cn1. The van der Waals surface area contributed by atoms with Gasteiger partial charge >= 0.3 is 0 Å². The zero-order chi connectivity index (χ0) is 24.2. The number of aliphatic imine (C=N–C) groups is 1. The van der Waals surface area contributed by atoms with Crippen LogP contribution in [-0.2, 0) is 0 Å². The Bertz CT molecular complexity index is 1130. The van der Waals surface area contributed by atoms with Crippen LogP contribution in [0.5, 0.6) is 11.5 Å². The number of aromatic hydroxyl groups is 1. The standard InChI is InChI=1S/C24H27F2N5O2/c1-5-17(4)21(30-9-8-24(25,26)15-30)11-23(29-16(2)3)33-22-10-18(12-27)6-7-20(22)31-14-19(32)13-28-31/h6-7,10-11,13-14,17,32H,2,5,8-9,15H2,1,3-4H3/b21-11+,29-23?/t17-/m1/s1. The summed E-state index contributed by atoms with van der Waals surface area (Å²) in [6.45, 7) is 9.35. The average molecular weight is 456 g/mol. The van der Waals surface area contributed by atoms with Crippen molar-refractivity contribution in [3.63, 3.8) is 0 Å². The van der Waals surface area contributed by atoms with E-state index >= 15 is 0 Å². The number of hydrogen-bond donors (Lipinski definition) is 1. The van der Waals surface area contributed by atoms with Crippen LogP contribution in [0.2, 0.25) is 0 Å². The summed E-state index contributed by atoms with van der Waals surface area (Å²) >= 11 is 0. The van der Waals surface area contributed by atoms with Gasteiger partial charge < -0.3 is 14.7 Å². The van der Waals surface area contributed by atoms with Gasteiger partial charge in [-0.15, -0.1) is 0 Å². The van der Waals surface area contributed by atoms with E-state index in [1.807, 2.05) is 13.8 Å². The average Bonchev–Trinajstić information content (AvgIpc) is 3.35. The van der Waals surface area contributed by atoms with Crippen LogP contribution in [0, 0.1) is 17.2 Å². The van der Waals surface area contributed by atoms with Gasteiger partial charge in [0.1, 0.15) is 5.69 Å². The summed E-state index contributed by atoms with van der Waals surface area (Å²) in [5.74, 6) is -2.36. The number of nitriles is 1. The molecule has 1 aromatic carbocycles. The van der Waals surface area contributed by atoms with E-state index in [-0.39, 0.29) is 42.8 Å². The zero-order valence-corrected chi connectivity index (χ0v) is 18.9. The molecule has 0 bridgehead atoms. The van der Waals surface area contributed by atoms with E-state index in [0.717, 1.165) is 6.42 Å². The van der Waals surface area contributed by atoms with Gasteiger partial charge in [-0.25, -0.2) is 18.5 Å². The second-order valence-electron chi connectivity index (χ2n) is 8.13. The quantitative estimate of drug-likeness (QED) is 0.467. The number of benzene rings is 1. The van der Waals surface area contributed by atoms with Gasteiger partial charge in [0.05, 0.1) is 30.6 Å². The highest BCUT2D eigenvalue weighted by Gasteiger charge is 2.39. The van der Waals surface area contributed by atoms with Crippen LogP contribution in [0.1, 0.15) is 39.2 Å². The lowest BCUT2D eigenvalue weighted by molar-refractivity contribution is 0.0144. The van der Waals surface area contributed by atoms with Gasteiger partial charge in [0, 0.05) is 36.5 Å². The molecule has 9 heteroatoms. The van der Waals surface area contributed by atoms with Crippen molar-refractivity contribution in [3.8, 4) is 23.3 Å². The molecule has 0 radical (unpaired) electrons. The minimum atomic E-state index is -2.74. The lowest BCUT2D eigenvalue weighted by Gasteiger charge is -2.26. The molecule has 174 valence electrons. The molecule has 1 aromatic heterocycles. The molecule has 0 spiro atoms. The van der Waals surface area contributed by atoms with Crippen molar-refractivity contribution >= 4 is 5.90 Å². The van der Waals surface area contributed by atoms with Crippen LogP contribution in [0.3, 0.4) is 0 Å². The van der Waals surface area contributed by atoms with Gasteiger partial charge in [-0.3, -0.25) is 0 Å². The molecule has 1 aliphatic heterocycles. The number of alkyl halides is 2. The summed E-state index contributed by atoms with van der Waals surface area (Å²) in [5, 5.41) is 23.1. The first kappa shape index (κ1) is 24.0. The van der Waals surface area contributed by atoms with Crippen molar-refractivity contribution in [2.45, 2.75) is 39.5 Å². The molecular weight excluding hydrogens is 428 g/mol. The molecule has 0 amide bonds. The first-order valence-electron chi connectivity index (χ1n) is 10.7. The van der Waals surface area contributed by atoms with Crippen molar-refractivity contribution in [1.29, 1.82) is 5.26 Å². The number of allylic oxidation sites excluding steroid dienone is 2. The second-order valence-corrected chi connectivity index (χ2v) is 8.13. The topological polar surface area (TPSA) is 86.7 Å². The fraction of sp³-hybridized carbons (Fsp3) is 0.375. The van der Waals surface area contributed by atoms with E-state index in [2.05, 4.69) is 22.7 Å². The molecule has 1 N–H and O–H groups in total. The number of likely N-dealkylation sites (tertiary alicyclic amines) is 1. The maximum absolute atomic E-state index is 13.9. The predicted octanol–water partition coefficient (Wildman–Crippen LogP) is 5.03. The number of nitrogens with zero attached hydrogens (tertiary/aromatic N) is 5. The van der Waals surface area contributed by atoms with E-state index in [9.17, 15) is 19.1 Å². The molecule has 1 aliphatic rings. The Morgan fingerprint density at radius 2 is 2.24 bits per heavy atom. The molecule has 0 unspecified atom stereocenters. The van der Waals surface area contributed by atoms with Crippen molar-refractivity contribution in [1.82, 2.24) is 14.7 Å². The number of hydrogen-bond acceptors (Lipinski definition) is 6. The minimum absolute atomic E-state index is 0.00852. The van der Waals surface area contributed by atoms with Crippen molar-refractivity contribution in [3.05, 3.63) is 60.2 Å². The number of halogens is 2. The zero-order valence-electron chi connectivity index (χ0n) is 18.9. The number of rotatable bonds is 7. The third-order valence-corrected chi connectivity index (χ3v) is 5.34. The van der Waals surface area contributed by atoms with E-state index in [1.165, 1.54) is 23.1 Å². The fourth-order valence-electron chi connectivity index (χ4n) is 3.52. The van der Waals surface area contributed by atoms with Gasteiger partial charge in [0.15, 0.2) is 11.5 Å². The minimum Gasteiger partial charge on any atom is -0.505 e. The molecular formula is C24H27F2N5O2. The van der Waals surface area contributed by atoms with Crippen LogP contribution in [-0.4, -0.2) is 44.7 Å². The Kier molecular flexibility index (Phi) is 7.16. The molecule has 33 heavy (non-hydrogen) atoms. The Morgan fingerprint density at radius 3 is 2.79 bits per heavy atom. The highest BCUT2D eigenvalue weighted by molar-refractivity contribution is 5.91. The van der Waals surface area contributed by atoms with Crippen molar-refractivity contribution < 1.29 is 18.6 Å². The predicted molar refractivity (Wildman–Crippen MR) is 121 cm³/mol. The number of ether oxygens (including phenoxy) is 1. The molecule has 2 heterocycles. The summed E-state index contributed by atoms with van der Waals surface area (Å²) in [4.78, 5) is 6.05. The molecule has 0 saturated carbocycles. The van der Waals surface area contributed by atoms with Crippen molar-refractivity contribution in [2.24, 2.45) is 10.9 Å². The van der Waals surface area contributed by atoms with Crippen LogP contribution in [0.25, 0.3) is 5.69 Å². The maximum Gasteiger partial charge on any atom is 0.266 e. The highest BCUT2D eigenvalue weighted by atomic mass is 19.3. The van der Waals surface area contributed by atoms with Gasteiger partial charge in [-0.1, -0.05) is 20.4 Å². The smallest absolute Gasteiger partial charge is 0.266 e. The largest absolute Gasteiger partial charge is 0.505 e. The van der Waals surface area contributed by atoms with E-state index in [0.29, 0.717) is 22.6 Å². The van der Waals surface area contributed by atoms with Gasteiger partial charge in [-0.05, 0) is 31.4 Å². The molecule has 7 nitrogen and oxygen atoms in total. The first-order chi connectivity index (χ1) is 15.6. The van der Waals surface area contributed by atoms with E-state index < -0.39 is 5.92 Å². The van der Waals surface area contributed by atoms with Gasteiger partial charge in [-0.2, -0.15) is 10.4 Å². The summed E-state index contributed by atoms with van der Waals surface area (Å²) in [5.41, 5.74) is 1.98. The Balaban J connectivity index is 2.05. The normalized spacial score (nSPS) is 17.0. The Hall–Kier alpha value is -3.67. The molecule has 3 rings (SSSR count). The number of aromatic nitrogens is 2. The van der Waals surface area contributed by atoms with Crippen LogP contribution >= 0.6 is 0 Å². The van der Waals surface area contributed by atoms with Crippen molar-refractivity contribution in [2.75, 3.05) is 13.1 Å². The summed E-state index contributed by atoms with van der Waals surface area (Å²) in [7, 11) is 0. The Labute approximate surface area is 191 Å². The first-order valence-corrected chi connectivity index (χ1v) is 10.7. The van der Waals surface area contributed by atoms with Crippen LogP contribution in [0.4, 0.5) is 8.78 Å². The third-order valence-electron chi connectivity index (χ3n) is 5.34. The molecule has 2 aromatic rings. The summed E-state index contributed by atoms with van der Waals surface area (Å²) in [6.07, 6.45) is 4.88. The van der Waals surface area contributed by atoms with Gasteiger partial charge in [0.2, 0.25) is 5.90 Å². The molecule has 1 atom stereocenters. The van der Waals surface area contributed by atoms with Gasteiger partial charge in [0.25, 0.3) is 5.92 Å². The highest BCUT2D eigenvalue weighted by Crippen LogP contribution is 2.33. The van der Waals surface area contributed by atoms with E-state index in [1.54, 1.807) is 30.0 Å². The molecule has 1 fully saturated rings. The summed E-state index contributed by atoms with van der Waals surface area (Å²) in [6, 6.07) is 6.83. The lowest BCUT2D eigenvalue weighted by Crippen LogP contribution is -2.28. The third kappa shape index (κ3) is 5.98. The Morgan fingerprint density at radius 1 is 1.48 bits per heavy atom.